The van der Waals surface area contributed by atoms with E-state index in [0.29, 0.717) is 23.0 Å². The van der Waals surface area contributed by atoms with Gasteiger partial charge in [-0.15, -0.1) is 0 Å². The van der Waals surface area contributed by atoms with E-state index < -0.39 is 0 Å². The van der Waals surface area contributed by atoms with Gasteiger partial charge in [0.25, 0.3) is 0 Å². The van der Waals surface area contributed by atoms with Crippen LogP contribution in [0.15, 0.2) is 18.2 Å². The van der Waals surface area contributed by atoms with Crippen LogP contribution in [0.5, 0.6) is 5.75 Å². The molecule has 1 saturated heterocycles. The van der Waals surface area contributed by atoms with Gasteiger partial charge in [-0.1, -0.05) is 12.1 Å². The van der Waals surface area contributed by atoms with E-state index in [1.807, 2.05) is 0 Å². The average Bonchev–Trinajstić information content (AvgIpc) is 2.82. The smallest absolute Gasteiger partial charge is 0.123 e. The van der Waals surface area contributed by atoms with Crippen molar-refractivity contribution in [3.8, 4) is 5.75 Å². The number of fused-ring (bicyclic) bond motifs is 2. The summed E-state index contributed by atoms with van der Waals surface area (Å²) in [5.41, 5.74) is 4.10. The van der Waals surface area contributed by atoms with Gasteiger partial charge in [0.2, 0.25) is 0 Å². The predicted octanol–water partition coefficient (Wildman–Crippen LogP) is 2.79. The summed E-state index contributed by atoms with van der Waals surface area (Å²) < 4.78 is 6.58. The van der Waals surface area contributed by atoms with Gasteiger partial charge < -0.3 is 10.1 Å². The van der Waals surface area contributed by atoms with Gasteiger partial charge in [0.1, 0.15) is 11.9 Å². The topological polar surface area (TPSA) is 21.3 Å². The van der Waals surface area contributed by atoms with Gasteiger partial charge in [-0.05, 0) is 68.0 Å². The van der Waals surface area contributed by atoms with Crippen LogP contribution in [0.2, 0.25) is 0 Å². The summed E-state index contributed by atoms with van der Waals surface area (Å²) in [4.78, 5) is 0. The SMILES string of the molecule is c1cc2c3c(c1)OC1C4CCC5(CC4)[C@@H](C2)NCC[C@]315. The Kier molecular flexibility index (Phi) is 1.65. The Morgan fingerprint density at radius 1 is 1.15 bits per heavy atom. The lowest BCUT2D eigenvalue weighted by atomic mass is 9.38. The van der Waals surface area contributed by atoms with Crippen LogP contribution >= 0.6 is 0 Å². The minimum absolute atomic E-state index is 0.369. The first-order valence-corrected chi connectivity index (χ1v) is 8.38. The molecule has 0 radical (unpaired) electrons. The van der Waals surface area contributed by atoms with Crippen LogP contribution < -0.4 is 10.1 Å². The maximum Gasteiger partial charge on any atom is 0.123 e. The number of ether oxygens (including phenoxy) is 1. The van der Waals surface area contributed by atoms with Crippen LogP contribution in [0.25, 0.3) is 0 Å². The molecular weight excluding hydrogens is 246 g/mol. The minimum atomic E-state index is 0.369. The molecule has 2 nitrogen and oxygen atoms in total. The maximum atomic E-state index is 6.58. The van der Waals surface area contributed by atoms with Gasteiger partial charge in [0.05, 0.1) is 0 Å². The zero-order valence-corrected chi connectivity index (χ0v) is 11.8. The zero-order valence-electron chi connectivity index (χ0n) is 11.8. The predicted molar refractivity (Wildman–Crippen MR) is 77.0 cm³/mol. The molecule has 3 saturated carbocycles. The maximum absolute atomic E-state index is 6.58. The molecule has 2 spiro atoms. The highest BCUT2D eigenvalue weighted by molar-refractivity contribution is 5.57. The summed E-state index contributed by atoms with van der Waals surface area (Å²) in [7, 11) is 0. The van der Waals surface area contributed by atoms with Crippen molar-refractivity contribution in [2.75, 3.05) is 6.54 Å². The molecule has 7 rings (SSSR count). The molecule has 6 aliphatic rings. The molecule has 0 amide bonds. The van der Waals surface area contributed by atoms with Crippen molar-refractivity contribution in [3.63, 3.8) is 0 Å². The molecule has 0 aromatic heterocycles. The first-order chi connectivity index (χ1) is 9.85. The molecule has 1 unspecified atom stereocenters. The summed E-state index contributed by atoms with van der Waals surface area (Å²) >= 11 is 0. The normalized spacial score (nSPS) is 49.7. The quantitative estimate of drug-likeness (QED) is 0.780. The molecule has 104 valence electrons. The summed E-state index contributed by atoms with van der Waals surface area (Å²) in [6.45, 7) is 1.19. The van der Waals surface area contributed by atoms with Crippen molar-refractivity contribution in [1.82, 2.24) is 5.32 Å². The molecule has 1 N–H and O–H groups in total. The van der Waals surface area contributed by atoms with Crippen LogP contribution in [0, 0.1) is 11.3 Å². The molecule has 2 heterocycles. The molecule has 20 heavy (non-hydrogen) atoms. The van der Waals surface area contributed by atoms with Gasteiger partial charge in [0.15, 0.2) is 0 Å². The van der Waals surface area contributed by atoms with Gasteiger partial charge in [0, 0.05) is 17.0 Å². The second-order valence-corrected chi connectivity index (χ2v) is 7.75. The summed E-state index contributed by atoms with van der Waals surface area (Å²) in [5.74, 6) is 2.06. The third-order valence-electron chi connectivity index (χ3n) is 7.54. The van der Waals surface area contributed by atoms with Crippen LogP contribution in [0.1, 0.15) is 43.2 Å². The lowest BCUT2D eigenvalue weighted by Crippen LogP contribution is -2.73. The van der Waals surface area contributed by atoms with Gasteiger partial charge in [-0.3, -0.25) is 0 Å². The van der Waals surface area contributed by atoms with E-state index in [4.69, 9.17) is 4.74 Å². The number of rotatable bonds is 0. The van der Waals surface area contributed by atoms with E-state index in [0.717, 1.165) is 5.92 Å². The monoisotopic (exact) mass is 267 g/mol. The molecule has 3 atom stereocenters. The van der Waals surface area contributed by atoms with Crippen molar-refractivity contribution in [3.05, 3.63) is 29.3 Å². The Morgan fingerprint density at radius 2 is 2.05 bits per heavy atom. The lowest BCUT2D eigenvalue weighted by Gasteiger charge is -2.68. The molecular formula is C18H21NO. The third kappa shape index (κ3) is 0.861. The van der Waals surface area contributed by atoms with E-state index in [2.05, 4.69) is 23.5 Å². The molecule has 1 aromatic rings. The minimum Gasteiger partial charge on any atom is -0.489 e. The number of nitrogens with one attached hydrogen (secondary N) is 1. The van der Waals surface area contributed by atoms with E-state index in [9.17, 15) is 0 Å². The van der Waals surface area contributed by atoms with E-state index in [1.165, 1.54) is 50.8 Å². The lowest BCUT2D eigenvalue weighted by molar-refractivity contribution is -0.145. The Hall–Kier alpha value is -1.02. The van der Waals surface area contributed by atoms with Gasteiger partial charge in [-0.2, -0.15) is 0 Å². The Labute approximate surface area is 119 Å². The van der Waals surface area contributed by atoms with Crippen molar-refractivity contribution in [2.45, 2.75) is 56.1 Å². The van der Waals surface area contributed by atoms with Crippen molar-refractivity contribution >= 4 is 0 Å². The van der Waals surface area contributed by atoms with Gasteiger partial charge in [-0.25, -0.2) is 0 Å². The highest BCUT2D eigenvalue weighted by atomic mass is 16.5. The van der Waals surface area contributed by atoms with Crippen molar-refractivity contribution in [1.29, 1.82) is 0 Å². The fraction of sp³-hybridized carbons (Fsp3) is 0.667. The van der Waals surface area contributed by atoms with E-state index in [-0.39, 0.29) is 0 Å². The van der Waals surface area contributed by atoms with Crippen LogP contribution in [-0.4, -0.2) is 18.7 Å². The van der Waals surface area contributed by atoms with E-state index >= 15 is 0 Å². The number of hydrogen-bond acceptors (Lipinski definition) is 2. The molecule has 2 aliphatic heterocycles. The first-order valence-electron chi connectivity index (χ1n) is 8.38. The average molecular weight is 267 g/mol. The second-order valence-electron chi connectivity index (χ2n) is 7.75. The summed E-state index contributed by atoms with van der Waals surface area (Å²) in [5, 5.41) is 3.89. The second kappa shape index (κ2) is 3.09. The van der Waals surface area contributed by atoms with Crippen molar-refractivity contribution < 1.29 is 4.74 Å². The van der Waals surface area contributed by atoms with Crippen LogP contribution in [0.3, 0.4) is 0 Å². The van der Waals surface area contributed by atoms with Crippen LogP contribution in [-0.2, 0) is 11.8 Å². The fourth-order valence-electron chi connectivity index (χ4n) is 6.97. The fourth-order valence-corrected chi connectivity index (χ4v) is 6.97. The third-order valence-corrected chi connectivity index (χ3v) is 7.54. The Balaban J connectivity index is 1.74. The highest BCUT2D eigenvalue weighted by Crippen LogP contribution is 2.72. The Morgan fingerprint density at radius 3 is 2.95 bits per heavy atom. The standard InChI is InChI=1S/C18H21NO/c1-2-12-10-14-17-6-4-11(5-7-17)16-18(17,8-9-19-14)15(12)13(3-1)20-16/h1-3,11,14,16,19H,4-10H2/t11?,14-,16?,17?,18+/m1/s1. The van der Waals surface area contributed by atoms with E-state index in [1.54, 1.807) is 11.1 Å². The summed E-state index contributed by atoms with van der Waals surface area (Å²) in [6, 6.07) is 7.50. The number of piperidine rings is 1. The highest BCUT2D eigenvalue weighted by Gasteiger charge is 2.72. The largest absolute Gasteiger partial charge is 0.489 e. The van der Waals surface area contributed by atoms with Crippen molar-refractivity contribution in [2.24, 2.45) is 11.3 Å². The summed E-state index contributed by atoms with van der Waals surface area (Å²) in [6.07, 6.45) is 8.68. The molecule has 1 aromatic carbocycles. The van der Waals surface area contributed by atoms with Crippen LogP contribution in [0.4, 0.5) is 0 Å². The number of hydrogen-bond donors (Lipinski definition) is 1. The molecule has 4 bridgehead atoms. The molecule has 4 fully saturated rings. The molecule has 4 aliphatic carbocycles. The zero-order chi connectivity index (χ0) is 12.9. The molecule has 2 heteroatoms. The Bertz CT molecular complexity index is 616. The first kappa shape index (κ1) is 10.7. The van der Waals surface area contributed by atoms with Gasteiger partial charge >= 0.3 is 0 Å². The number of benzene rings is 1.